The summed E-state index contributed by atoms with van der Waals surface area (Å²) in [6, 6.07) is 15.7. The molecule has 3 aromatic rings. The van der Waals surface area contributed by atoms with Crippen LogP contribution in [-0.2, 0) is 4.74 Å². The summed E-state index contributed by atoms with van der Waals surface area (Å²) in [5.41, 5.74) is 3.55. The highest BCUT2D eigenvalue weighted by atomic mass is 16.7. The Kier molecular flexibility index (Phi) is 4.12. The van der Waals surface area contributed by atoms with Crippen LogP contribution in [0.2, 0.25) is 0 Å². The maximum atomic E-state index is 5.59. The Labute approximate surface area is 129 Å². The van der Waals surface area contributed by atoms with Gasteiger partial charge in [0.1, 0.15) is 5.75 Å². The smallest absolute Gasteiger partial charge is 0.188 e. The van der Waals surface area contributed by atoms with E-state index >= 15 is 0 Å². The minimum atomic E-state index is 0.193. The molecular formula is C18H16N2O2. The van der Waals surface area contributed by atoms with E-state index in [4.69, 9.17) is 9.47 Å². The lowest BCUT2D eigenvalue weighted by atomic mass is 10.1. The third kappa shape index (κ3) is 2.82. The molecule has 0 N–H and O–H groups in total. The number of methoxy groups -OCH3 is 1. The summed E-state index contributed by atoms with van der Waals surface area (Å²) in [6.07, 6.45) is 1.81. The fraction of sp³-hybridized carbons (Fsp3) is 0.111. The molecular weight excluding hydrogens is 276 g/mol. The average molecular weight is 292 g/mol. The minimum absolute atomic E-state index is 0.193. The number of fused-ring (bicyclic) bond motifs is 1. The van der Waals surface area contributed by atoms with Crippen LogP contribution in [0.5, 0.6) is 5.75 Å². The van der Waals surface area contributed by atoms with E-state index in [1.54, 1.807) is 7.11 Å². The Morgan fingerprint density at radius 1 is 1.09 bits per heavy atom. The Morgan fingerprint density at radius 3 is 2.77 bits per heavy atom. The van der Waals surface area contributed by atoms with E-state index in [9.17, 15) is 0 Å². The van der Waals surface area contributed by atoms with E-state index < -0.39 is 0 Å². The van der Waals surface area contributed by atoms with Gasteiger partial charge in [0, 0.05) is 18.1 Å². The number of aromatic nitrogens is 2. The van der Waals surface area contributed by atoms with Gasteiger partial charge in [-0.1, -0.05) is 30.9 Å². The molecule has 4 heteroatoms. The lowest BCUT2D eigenvalue weighted by Gasteiger charge is -2.10. The van der Waals surface area contributed by atoms with Gasteiger partial charge in [-0.25, -0.2) is 0 Å². The highest BCUT2D eigenvalue weighted by molar-refractivity contribution is 5.84. The summed E-state index contributed by atoms with van der Waals surface area (Å²) in [5, 5.41) is 9.61. The Morgan fingerprint density at radius 2 is 1.95 bits per heavy atom. The quantitative estimate of drug-likeness (QED) is 0.668. The van der Waals surface area contributed by atoms with Crippen molar-refractivity contribution < 1.29 is 9.47 Å². The van der Waals surface area contributed by atoms with Crippen LogP contribution >= 0.6 is 0 Å². The van der Waals surface area contributed by atoms with Gasteiger partial charge in [-0.15, -0.1) is 10.2 Å². The van der Waals surface area contributed by atoms with E-state index in [0.29, 0.717) is 0 Å². The molecule has 110 valence electrons. The van der Waals surface area contributed by atoms with E-state index in [0.717, 1.165) is 33.5 Å². The summed E-state index contributed by atoms with van der Waals surface area (Å²) in [7, 11) is 1.59. The van der Waals surface area contributed by atoms with E-state index in [-0.39, 0.29) is 6.79 Å². The normalized spacial score (nSPS) is 10.6. The maximum absolute atomic E-state index is 5.59. The van der Waals surface area contributed by atoms with E-state index in [1.807, 2.05) is 54.6 Å². The highest BCUT2D eigenvalue weighted by Crippen LogP contribution is 2.29. The molecule has 1 heterocycles. The Hall–Kier alpha value is -2.72. The van der Waals surface area contributed by atoms with Crippen molar-refractivity contribution in [2.75, 3.05) is 13.9 Å². The SMILES string of the molecule is C=Cc1ccc2nnc(-c3ccccc3OCOC)cc2c1. The van der Waals surface area contributed by atoms with Crippen molar-refractivity contribution in [3.63, 3.8) is 0 Å². The molecule has 0 spiro atoms. The summed E-state index contributed by atoms with van der Waals surface area (Å²) in [5.74, 6) is 0.720. The molecule has 0 aliphatic rings. The third-order valence-electron chi connectivity index (χ3n) is 3.34. The molecule has 0 atom stereocenters. The first-order valence-corrected chi connectivity index (χ1v) is 6.93. The fourth-order valence-electron chi connectivity index (χ4n) is 2.25. The van der Waals surface area contributed by atoms with Crippen molar-refractivity contribution in [1.29, 1.82) is 0 Å². The second-order valence-electron chi connectivity index (χ2n) is 4.80. The largest absolute Gasteiger partial charge is 0.467 e. The number of para-hydroxylation sites is 1. The number of nitrogens with zero attached hydrogens (tertiary/aromatic N) is 2. The van der Waals surface area contributed by atoms with Gasteiger partial charge < -0.3 is 9.47 Å². The lowest BCUT2D eigenvalue weighted by Crippen LogP contribution is -2.00. The summed E-state index contributed by atoms with van der Waals surface area (Å²) < 4.78 is 10.6. The standard InChI is InChI=1S/C18H16N2O2/c1-3-13-8-9-16-14(10-13)11-17(20-19-16)15-6-4-5-7-18(15)22-12-21-2/h3-11H,1,12H2,2H3. The van der Waals surface area contributed by atoms with Crippen LogP contribution in [0.25, 0.3) is 28.2 Å². The topological polar surface area (TPSA) is 44.2 Å². The average Bonchev–Trinajstić information content (AvgIpc) is 2.59. The van der Waals surface area contributed by atoms with Crippen molar-refractivity contribution in [1.82, 2.24) is 10.2 Å². The molecule has 0 aliphatic carbocycles. The molecule has 0 saturated carbocycles. The van der Waals surface area contributed by atoms with Crippen LogP contribution in [0.15, 0.2) is 55.1 Å². The van der Waals surface area contributed by atoms with Crippen LogP contribution in [0.4, 0.5) is 0 Å². The van der Waals surface area contributed by atoms with Crippen molar-refractivity contribution in [3.8, 4) is 17.0 Å². The molecule has 0 saturated heterocycles. The minimum Gasteiger partial charge on any atom is -0.467 e. The van der Waals surface area contributed by atoms with E-state index in [2.05, 4.69) is 16.8 Å². The van der Waals surface area contributed by atoms with Gasteiger partial charge in [-0.05, 0) is 35.9 Å². The monoisotopic (exact) mass is 292 g/mol. The second kappa shape index (κ2) is 6.37. The third-order valence-corrected chi connectivity index (χ3v) is 3.34. The summed E-state index contributed by atoms with van der Waals surface area (Å²) >= 11 is 0. The molecule has 0 amide bonds. The molecule has 22 heavy (non-hydrogen) atoms. The van der Waals surface area contributed by atoms with Gasteiger partial charge in [0.05, 0.1) is 11.2 Å². The zero-order chi connectivity index (χ0) is 15.4. The van der Waals surface area contributed by atoms with Crippen LogP contribution in [0, 0.1) is 0 Å². The fourth-order valence-corrected chi connectivity index (χ4v) is 2.25. The summed E-state index contributed by atoms with van der Waals surface area (Å²) in [6.45, 7) is 3.99. The van der Waals surface area contributed by atoms with Crippen molar-refractivity contribution >= 4 is 17.0 Å². The Balaban J connectivity index is 2.08. The number of benzene rings is 2. The van der Waals surface area contributed by atoms with Crippen molar-refractivity contribution in [2.24, 2.45) is 0 Å². The number of ether oxygens (including phenoxy) is 2. The molecule has 3 rings (SSSR count). The van der Waals surface area contributed by atoms with Crippen molar-refractivity contribution in [3.05, 3.63) is 60.7 Å². The molecule has 0 aliphatic heterocycles. The molecule has 1 aromatic heterocycles. The van der Waals surface area contributed by atoms with Gasteiger partial charge in [0.2, 0.25) is 0 Å². The van der Waals surface area contributed by atoms with Gasteiger partial charge >= 0.3 is 0 Å². The molecule has 4 nitrogen and oxygen atoms in total. The van der Waals surface area contributed by atoms with Crippen LogP contribution in [-0.4, -0.2) is 24.1 Å². The Bertz CT molecular complexity index is 815. The molecule has 2 aromatic carbocycles. The highest BCUT2D eigenvalue weighted by Gasteiger charge is 2.09. The lowest BCUT2D eigenvalue weighted by molar-refractivity contribution is 0.0515. The maximum Gasteiger partial charge on any atom is 0.188 e. The second-order valence-corrected chi connectivity index (χ2v) is 4.80. The zero-order valence-electron chi connectivity index (χ0n) is 12.3. The number of rotatable bonds is 5. The van der Waals surface area contributed by atoms with Crippen molar-refractivity contribution in [2.45, 2.75) is 0 Å². The van der Waals surface area contributed by atoms with Crippen LogP contribution < -0.4 is 4.74 Å². The predicted octanol–water partition coefficient (Wildman–Crippen LogP) is 3.92. The van der Waals surface area contributed by atoms with Crippen LogP contribution in [0.3, 0.4) is 0 Å². The predicted molar refractivity (Wildman–Crippen MR) is 87.6 cm³/mol. The van der Waals surface area contributed by atoms with Gasteiger partial charge in [0.15, 0.2) is 6.79 Å². The molecule has 0 fully saturated rings. The first-order valence-electron chi connectivity index (χ1n) is 6.93. The summed E-state index contributed by atoms with van der Waals surface area (Å²) in [4.78, 5) is 0. The molecule has 0 bridgehead atoms. The molecule has 0 radical (unpaired) electrons. The van der Waals surface area contributed by atoms with Gasteiger partial charge in [-0.2, -0.15) is 0 Å². The van der Waals surface area contributed by atoms with E-state index in [1.165, 1.54) is 0 Å². The first kappa shape index (κ1) is 14.2. The molecule has 0 unspecified atom stereocenters. The van der Waals surface area contributed by atoms with Gasteiger partial charge in [0.25, 0.3) is 0 Å². The number of hydrogen-bond acceptors (Lipinski definition) is 4. The van der Waals surface area contributed by atoms with Gasteiger partial charge in [-0.3, -0.25) is 0 Å². The van der Waals surface area contributed by atoms with Crippen LogP contribution in [0.1, 0.15) is 5.56 Å². The number of hydrogen-bond donors (Lipinski definition) is 0. The first-order chi connectivity index (χ1) is 10.8. The zero-order valence-corrected chi connectivity index (χ0v) is 12.3.